The first-order valence-corrected chi connectivity index (χ1v) is 10.2. The Balaban J connectivity index is 1.73. The molecule has 3 amide bonds. The van der Waals surface area contributed by atoms with Crippen LogP contribution in [0.1, 0.15) is 20.3 Å². The van der Waals surface area contributed by atoms with Gasteiger partial charge < -0.3 is 15.4 Å². The summed E-state index contributed by atoms with van der Waals surface area (Å²) in [6.45, 7) is 4.68. The van der Waals surface area contributed by atoms with Crippen molar-refractivity contribution in [3.63, 3.8) is 0 Å². The molecule has 1 heterocycles. The number of methoxy groups -OCH3 is 1. The molecular formula is C17H23N5O3S2. The summed E-state index contributed by atoms with van der Waals surface area (Å²) in [5, 5.41) is 16.8. The van der Waals surface area contributed by atoms with E-state index in [0.717, 1.165) is 17.9 Å². The standard InChI is InChI=1S/C17H23N5O3S2/c1-11(2)8-9-18-15(24)20-14(23)10-26-17-22-21-16(27-17)19-12-4-6-13(25-3)7-5-12/h4-7,11H,8-10H2,1-3H3,(H,19,21)(H2,18,20,23,24). The highest BCUT2D eigenvalue weighted by atomic mass is 32.2. The third kappa shape index (κ3) is 7.83. The number of aromatic nitrogens is 2. The van der Waals surface area contributed by atoms with E-state index in [-0.39, 0.29) is 11.7 Å². The zero-order valence-corrected chi connectivity index (χ0v) is 17.1. The van der Waals surface area contributed by atoms with Crippen LogP contribution in [-0.4, -0.2) is 41.5 Å². The first kappa shape index (κ1) is 21.0. The maximum absolute atomic E-state index is 11.8. The molecule has 27 heavy (non-hydrogen) atoms. The van der Waals surface area contributed by atoms with Crippen molar-refractivity contribution in [3.8, 4) is 5.75 Å². The van der Waals surface area contributed by atoms with Crippen LogP contribution < -0.4 is 20.7 Å². The predicted molar refractivity (Wildman–Crippen MR) is 108 cm³/mol. The summed E-state index contributed by atoms with van der Waals surface area (Å²) in [5.41, 5.74) is 0.860. The topological polar surface area (TPSA) is 105 Å². The highest BCUT2D eigenvalue weighted by Gasteiger charge is 2.11. The number of nitrogens with zero attached hydrogens (tertiary/aromatic N) is 2. The van der Waals surface area contributed by atoms with Gasteiger partial charge in [0.1, 0.15) is 5.75 Å². The van der Waals surface area contributed by atoms with Gasteiger partial charge in [-0.15, -0.1) is 10.2 Å². The minimum absolute atomic E-state index is 0.0920. The van der Waals surface area contributed by atoms with Gasteiger partial charge in [0.2, 0.25) is 11.0 Å². The van der Waals surface area contributed by atoms with E-state index in [1.54, 1.807) is 7.11 Å². The van der Waals surface area contributed by atoms with E-state index < -0.39 is 6.03 Å². The molecule has 1 aromatic carbocycles. The van der Waals surface area contributed by atoms with Crippen molar-refractivity contribution in [2.24, 2.45) is 5.92 Å². The van der Waals surface area contributed by atoms with Crippen LogP contribution in [0.5, 0.6) is 5.75 Å². The molecule has 0 saturated heterocycles. The van der Waals surface area contributed by atoms with Gasteiger partial charge in [-0.25, -0.2) is 4.79 Å². The summed E-state index contributed by atoms with van der Waals surface area (Å²) in [5.74, 6) is 0.985. The summed E-state index contributed by atoms with van der Waals surface area (Å²) < 4.78 is 5.75. The summed E-state index contributed by atoms with van der Waals surface area (Å²) in [6, 6.07) is 6.96. The predicted octanol–water partition coefficient (Wildman–Crippen LogP) is 3.25. The molecule has 0 aliphatic carbocycles. The Labute approximate surface area is 166 Å². The Bertz CT molecular complexity index is 749. The lowest BCUT2D eigenvalue weighted by Crippen LogP contribution is -2.40. The number of rotatable bonds is 9. The van der Waals surface area contributed by atoms with Crippen molar-refractivity contribution in [1.82, 2.24) is 20.8 Å². The number of nitrogens with one attached hydrogen (secondary N) is 3. The lowest BCUT2D eigenvalue weighted by Gasteiger charge is -2.07. The molecule has 0 atom stereocenters. The minimum atomic E-state index is -0.472. The average Bonchev–Trinajstić information content (AvgIpc) is 3.07. The Morgan fingerprint density at radius 1 is 1.22 bits per heavy atom. The molecule has 0 saturated carbocycles. The van der Waals surface area contributed by atoms with E-state index in [2.05, 4.69) is 40.0 Å². The van der Waals surface area contributed by atoms with E-state index in [4.69, 9.17) is 4.74 Å². The second-order valence-electron chi connectivity index (χ2n) is 6.00. The van der Waals surface area contributed by atoms with Crippen molar-refractivity contribution in [2.75, 3.05) is 24.7 Å². The Morgan fingerprint density at radius 2 is 1.96 bits per heavy atom. The number of hydrogen-bond acceptors (Lipinski definition) is 8. The third-order valence-corrected chi connectivity index (χ3v) is 5.31. The van der Waals surface area contributed by atoms with Gasteiger partial charge in [-0.05, 0) is 36.6 Å². The molecular weight excluding hydrogens is 386 g/mol. The van der Waals surface area contributed by atoms with Gasteiger partial charge in [-0.1, -0.05) is 36.9 Å². The molecule has 0 unspecified atom stereocenters. The molecule has 0 bridgehead atoms. The SMILES string of the molecule is COc1ccc(Nc2nnc(SCC(=O)NC(=O)NCCC(C)C)s2)cc1. The lowest BCUT2D eigenvalue weighted by atomic mass is 10.1. The van der Waals surface area contributed by atoms with Gasteiger partial charge in [0.05, 0.1) is 12.9 Å². The van der Waals surface area contributed by atoms with Crippen LogP contribution in [0.15, 0.2) is 28.6 Å². The minimum Gasteiger partial charge on any atom is -0.497 e. The summed E-state index contributed by atoms with van der Waals surface area (Å²) >= 11 is 2.56. The maximum atomic E-state index is 11.8. The quantitative estimate of drug-likeness (QED) is 0.546. The number of urea groups is 1. The fourth-order valence-electron chi connectivity index (χ4n) is 1.93. The normalized spacial score (nSPS) is 10.5. The summed E-state index contributed by atoms with van der Waals surface area (Å²) in [6.07, 6.45) is 0.866. The van der Waals surface area contributed by atoms with Crippen LogP contribution in [0.4, 0.5) is 15.6 Å². The van der Waals surface area contributed by atoms with Crippen molar-refractivity contribution in [3.05, 3.63) is 24.3 Å². The second kappa shape index (κ2) is 10.7. The number of carbonyl (C=O) groups excluding carboxylic acids is 2. The van der Waals surface area contributed by atoms with Crippen LogP contribution in [0, 0.1) is 5.92 Å². The Kier molecular flexibility index (Phi) is 8.34. The van der Waals surface area contributed by atoms with E-state index >= 15 is 0 Å². The third-order valence-electron chi connectivity index (χ3n) is 3.33. The number of hydrogen-bond donors (Lipinski definition) is 3. The molecule has 2 aromatic rings. The largest absolute Gasteiger partial charge is 0.497 e. The highest BCUT2D eigenvalue weighted by molar-refractivity contribution is 8.01. The summed E-state index contributed by atoms with van der Waals surface area (Å²) in [4.78, 5) is 23.4. The molecule has 146 valence electrons. The molecule has 10 heteroatoms. The fraction of sp³-hybridized carbons (Fsp3) is 0.412. The molecule has 8 nitrogen and oxygen atoms in total. The molecule has 0 radical (unpaired) electrons. The zero-order valence-electron chi connectivity index (χ0n) is 15.4. The van der Waals surface area contributed by atoms with E-state index in [1.807, 2.05) is 24.3 Å². The number of imide groups is 1. The maximum Gasteiger partial charge on any atom is 0.321 e. The fourth-order valence-corrected chi connectivity index (χ4v) is 3.50. The molecule has 3 N–H and O–H groups in total. The van der Waals surface area contributed by atoms with Crippen molar-refractivity contribution in [2.45, 2.75) is 24.6 Å². The molecule has 0 spiro atoms. The average molecular weight is 410 g/mol. The second-order valence-corrected chi connectivity index (χ2v) is 8.20. The number of benzene rings is 1. The zero-order chi connectivity index (χ0) is 19.6. The first-order valence-electron chi connectivity index (χ1n) is 8.41. The van der Waals surface area contributed by atoms with Gasteiger partial charge in [0.15, 0.2) is 4.34 Å². The number of ether oxygens (including phenoxy) is 1. The number of anilines is 2. The Morgan fingerprint density at radius 3 is 2.63 bits per heavy atom. The van der Waals surface area contributed by atoms with Crippen molar-refractivity contribution < 1.29 is 14.3 Å². The number of thioether (sulfide) groups is 1. The molecule has 0 fully saturated rings. The van der Waals surface area contributed by atoms with Gasteiger partial charge >= 0.3 is 6.03 Å². The van der Waals surface area contributed by atoms with E-state index in [1.165, 1.54) is 23.1 Å². The van der Waals surface area contributed by atoms with Crippen molar-refractivity contribution in [1.29, 1.82) is 0 Å². The van der Waals surface area contributed by atoms with Crippen molar-refractivity contribution >= 4 is 45.9 Å². The van der Waals surface area contributed by atoms with Crippen LogP contribution >= 0.6 is 23.1 Å². The van der Waals surface area contributed by atoms with E-state index in [9.17, 15) is 9.59 Å². The van der Waals surface area contributed by atoms with Gasteiger partial charge in [-0.2, -0.15) is 0 Å². The molecule has 1 aromatic heterocycles. The van der Waals surface area contributed by atoms with Gasteiger partial charge in [0.25, 0.3) is 0 Å². The van der Waals surface area contributed by atoms with Crippen LogP contribution in [-0.2, 0) is 4.79 Å². The molecule has 2 rings (SSSR count). The van der Waals surface area contributed by atoms with Crippen LogP contribution in [0.25, 0.3) is 0 Å². The van der Waals surface area contributed by atoms with Crippen LogP contribution in [0.3, 0.4) is 0 Å². The first-order chi connectivity index (χ1) is 13.0. The summed E-state index contributed by atoms with van der Waals surface area (Å²) in [7, 11) is 1.61. The van der Waals surface area contributed by atoms with Gasteiger partial charge in [-0.3, -0.25) is 10.1 Å². The highest BCUT2D eigenvalue weighted by Crippen LogP contribution is 2.28. The lowest BCUT2D eigenvalue weighted by molar-refractivity contribution is -0.117. The van der Waals surface area contributed by atoms with Gasteiger partial charge in [0, 0.05) is 12.2 Å². The van der Waals surface area contributed by atoms with E-state index in [0.29, 0.717) is 21.9 Å². The molecule has 0 aliphatic heterocycles. The number of carbonyl (C=O) groups is 2. The van der Waals surface area contributed by atoms with Crippen LogP contribution in [0.2, 0.25) is 0 Å². The monoisotopic (exact) mass is 409 g/mol. The molecule has 0 aliphatic rings. The Hall–Kier alpha value is -2.33. The number of amides is 3. The smallest absolute Gasteiger partial charge is 0.321 e.